The average Bonchev–Trinajstić information content (AvgIpc) is 3.13. The van der Waals surface area contributed by atoms with Gasteiger partial charge in [-0.25, -0.2) is 4.68 Å². The van der Waals surface area contributed by atoms with Gasteiger partial charge in [0.2, 0.25) is 0 Å². The van der Waals surface area contributed by atoms with Gasteiger partial charge in [0.05, 0.1) is 12.7 Å². The van der Waals surface area contributed by atoms with Crippen LogP contribution in [0.3, 0.4) is 0 Å². The van der Waals surface area contributed by atoms with Crippen molar-refractivity contribution in [1.82, 2.24) is 9.78 Å². The van der Waals surface area contributed by atoms with E-state index in [1.54, 1.807) is 41.2 Å². The Balaban J connectivity index is 1.55. The molecule has 144 valence electrons. The first-order valence-electron chi connectivity index (χ1n) is 9.18. The van der Waals surface area contributed by atoms with E-state index in [-0.39, 0.29) is 18.3 Å². The molecule has 0 aliphatic heterocycles. The molecule has 2 aromatic carbocycles. The highest BCUT2D eigenvalue weighted by Gasteiger charge is 2.09. The van der Waals surface area contributed by atoms with Crippen LogP contribution in [-0.2, 0) is 17.8 Å². The van der Waals surface area contributed by atoms with Gasteiger partial charge in [-0.3, -0.25) is 9.59 Å². The predicted molar refractivity (Wildman–Crippen MR) is 108 cm³/mol. The Hall–Kier alpha value is -3.41. The molecular formula is C22H23N3O3. The Morgan fingerprint density at radius 3 is 2.32 bits per heavy atom. The number of nitrogens with zero attached hydrogens (tertiary/aromatic N) is 2. The first-order valence-corrected chi connectivity index (χ1v) is 9.18. The van der Waals surface area contributed by atoms with Gasteiger partial charge >= 0.3 is 0 Å². The third-order valence-electron chi connectivity index (χ3n) is 4.38. The van der Waals surface area contributed by atoms with Crippen LogP contribution in [0.2, 0.25) is 0 Å². The SMILES string of the molecule is CCc1ccc(Cn2nccc2NC(=O)COc2ccc(C(C)=O)cc2)cc1. The molecular weight excluding hydrogens is 354 g/mol. The monoisotopic (exact) mass is 377 g/mol. The maximum atomic E-state index is 12.2. The smallest absolute Gasteiger partial charge is 0.263 e. The number of Topliss-reactive ketones (excluding diaryl/α,β-unsaturated/α-hetero) is 1. The second kappa shape index (κ2) is 8.99. The van der Waals surface area contributed by atoms with Crippen molar-refractivity contribution in [2.75, 3.05) is 11.9 Å². The third kappa shape index (κ3) is 5.07. The third-order valence-corrected chi connectivity index (χ3v) is 4.38. The van der Waals surface area contributed by atoms with Crippen molar-refractivity contribution < 1.29 is 14.3 Å². The van der Waals surface area contributed by atoms with Crippen molar-refractivity contribution in [1.29, 1.82) is 0 Å². The number of hydrogen-bond acceptors (Lipinski definition) is 4. The molecule has 0 saturated carbocycles. The van der Waals surface area contributed by atoms with Crippen molar-refractivity contribution in [2.45, 2.75) is 26.8 Å². The Morgan fingerprint density at radius 2 is 1.68 bits per heavy atom. The Kier molecular flexibility index (Phi) is 6.22. The van der Waals surface area contributed by atoms with E-state index in [9.17, 15) is 9.59 Å². The molecule has 0 aliphatic rings. The quantitative estimate of drug-likeness (QED) is 0.607. The summed E-state index contributed by atoms with van der Waals surface area (Å²) in [6.45, 7) is 4.07. The summed E-state index contributed by atoms with van der Waals surface area (Å²) in [4.78, 5) is 23.5. The molecule has 0 unspecified atom stereocenters. The molecule has 1 heterocycles. The second-order valence-electron chi connectivity index (χ2n) is 6.46. The molecule has 0 bridgehead atoms. The lowest BCUT2D eigenvalue weighted by atomic mass is 10.1. The minimum Gasteiger partial charge on any atom is -0.484 e. The van der Waals surface area contributed by atoms with Crippen LogP contribution in [0.5, 0.6) is 5.75 Å². The van der Waals surface area contributed by atoms with Gasteiger partial charge in [0.1, 0.15) is 11.6 Å². The first kappa shape index (κ1) is 19.4. The van der Waals surface area contributed by atoms with Crippen LogP contribution in [0.15, 0.2) is 60.8 Å². The molecule has 0 radical (unpaired) electrons. The van der Waals surface area contributed by atoms with E-state index < -0.39 is 0 Å². The number of ether oxygens (including phenoxy) is 1. The van der Waals surface area contributed by atoms with Crippen LogP contribution in [0, 0.1) is 0 Å². The Morgan fingerprint density at radius 1 is 1.00 bits per heavy atom. The number of ketones is 1. The highest BCUT2D eigenvalue weighted by molar-refractivity contribution is 5.94. The van der Waals surface area contributed by atoms with E-state index in [1.807, 2.05) is 0 Å². The molecule has 3 rings (SSSR count). The van der Waals surface area contributed by atoms with E-state index in [0.717, 1.165) is 12.0 Å². The molecule has 1 amide bonds. The van der Waals surface area contributed by atoms with Crippen molar-refractivity contribution in [2.24, 2.45) is 0 Å². The molecule has 0 saturated heterocycles. The molecule has 0 aliphatic carbocycles. The molecule has 0 fully saturated rings. The zero-order valence-corrected chi connectivity index (χ0v) is 16.0. The highest BCUT2D eigenvalue weighted by Crippen LogP contribution is 2.14. The summed E-state index contributed by atoms with van der Waals surface area (Å²) in [5.41, 5.74) is 3.00. The van der Waals surface area contributed by atoms with Gasteiger partial charge < -0.3 is 10.1 Å². The molecule has 28 heavy (non-hydrogen) atoms. The molecule has 1 aromatic heterocycles. The number of amides is 1. The van der Waals surface area contributed by atoms with Gasteiger partial charge in [0.15, 0.2) is 12.4 Å². The first-order chi connectivity index (χ1) is 13.5. The van der Waals surface area contributed by atoms with Gasteiger partial charge in [0, 0.05) is 11.6 Å². The topological polar surface area (TPSA) is 73.2 Å². The lowest BCUT2D eigenvalue weighted by molar-refractivity contribution is -0.118. The largest absolute Gasteiger partial charge is 0.484 e. The van der Waals surface area contributed by atoms with Gasteiger partial charge in [-0.15, -0.1) is 0 Å². The van der Waals surface area contributed by atoms with Crippen molar-refractivity contribution in [3.8, 4) is 5.75 Å². The van der Waals surface area contributed by atoms with E-state index in [0.29, 0.717) is 23.7 Å². The van der Waals surface area contributed by atoms with Gasteiger partial charge in [0.25, 0.3) is 5.91 Å². The summed E-state index contributed by atoms with van der Waals surface area (Å²) in [5, 5.41) is 7.10. The van der Waals surface area contributed by atoms with E-state index in [4.69, 9.17) is 4.74 Å². The fourth-order valence-corrected chi connectivity index (χ4v) is 2.73. The van der Waals surface area contributed by atoms with Gasteiger partial charge in [-0.1, -0.05) is 31.2 Å². The number of carbonyl (C=O) groups excluding carboxylic acids is 2. The summed E-state index contributed by atoms with van der Waals surface area (Å²) < 4.78 is 7.22. The number of benzene rings is 2. The van der Waals surface area contributed by atoms with Gasteiger partial charge in [-0.2, -0.15) is 5.10 Å². The molecule has 0 spiro atoms. The van der Waals surface area contributed by atoms with Crippen LogP contribution in [0.4, 0.5) is 5.82 Å². The number of aryl methyl sites for hydroxylation is 1. The lowest BCUT2D eigenvalue weighted by Crippen LogP contribution is -2.22. The van der Waals surface area contributed by atoms with Crippen molar-refractivity contribution in [3.63, 3.8) is 0 Å². The number of anilines is 1. The van der Waals surface area contributed by atoms with Crippen LogP contribution >= 0.6 is 0 Å². The molecule has 0 atom stereocenters. The predicted octanol–water partition coefficient (Wildman–Crippen LogP) is 3.71. The maximum Gasteiger partial charge on any atom is 0.263 e. The summed E-state index contributed by atoms with van der Waals surface area (Å²) in [6.07, 6.45) is 2.65. The number of nitrogens with one attached hydrogen (secondary N) is 1. The Labute approximate surface area is 164 Å². The standard InChI is InChI=1S/C22H23N3O3/c1-3-17-4-6-18(7-5-17)14-25-21(12-13-23-25)24-22(27)15-28-20-10-8-19(9-11-20)16(2)26/h4-13H,3,14-15H2,1-2H3,(H,24,27). The maximum absolute atomic E-state index is 12.2. The highest BCUT2D eigenvalue weighted by atomic mass is 16.5. The molecule has 3 aromatic rings. The Bertz CT molecular complexity index is 944. The van der Waals surface area contributed by atoms with E-state index >= 15 is 0 Å². The van der Waals surface area contributed by atoms with E-state index in [2.05, 4.69) is 41.6 Å². The van der Waals surface area contributed by atoms with Crippen LogP contribution in [0.1, 0.15) is 35.3 Å². The lowest BCUT2D eigenvalue weighted by Gasteiger charge is -2.10. The van der Waals surface area contributed by atoms with E-state index in [1.165, 1.54) is 12.5 Å². The van der Waals surface area contributed by atoms with Gasteiger partial charge in [-0.05, 0) is 48.7 Å². The fourth-order valence-electron chi connectivity index (χ4n) is 2.73. The number of aromatic nitrogens is 2. The summed E-state index contributed by atoms with van der Waals surface area (Å²) in [6, 6.07) is 16.8. The molecule has 6 heteroatoms. The van der Waals surface area contributed by atoms with Crippen LogP contribution in [0.25, 0.3) is 0 Å². The van der Waals surface area contributed by atoms with Crippen molar-refractivity contribution in [3.05, 3.63) is 77.5 Å². The van der Waals surface area contributed by atoms with Crippen LogP contribution in [-0.4, -0.2) is 28.1 Å². The molecule has 1 N–H and O–H groups in total. The summed E-state index contributed by atoms with van der Waals surface area (Å²) in [5.74, 6) is 0.852. The minimum atomic E-state index is -0.279. The molecule has 6 nitrogen and oxygen atoms in total. The second-order valence-corrected chi connectivity index (χ2v) is 6.46. The summed E-state index contributed by atoms with van der Waals surface area (Å²) in [7, 11) is 0. The number of rotatable bonds is 8. The number of carbonyl (C=O) groups is 2. The normalized spacial score (nSPS) is 10.5. The van der Waals surface area contributed by atoms with Crippen LogP contribution < -0.4 is 10.1 Å². The zero-order chi connectivity index (χ0) is 19.9. The number of hydrogen-bond donors (Lipinski definition) is 1. The zero-order valence-electron chi connectivity index (χ0n) is 16.0. The fraction of sp³-hybridized carbons (Fsp3) is 0.227. The average molecular weight is 377 g/mol. The summed E-state index contributed by atoms with van der Waals surface area (Å²) >= 11 is 0. The minimum absolute atomic E-state index is 0.0121. The van der Waals surface area contributed by atoms with Crippen molar-refractivity contribution >= 4 is 17.5 Å².